The lowest BCUT2D eigenvalue weighted by molar-refractivity contribution is -0.119. The quantitative estimate of drug-likeness (QED) is 0.360. The minimum Gasteiger partial charge on any atom is -0.497 e. The number of ether oxygens (including phenoxy) is 1. The highest BCUT2D eigenvalue weighted by molar-refractivity contribution is 7.99. The Morgan fingerprint density at radius 2 is 1.94 bits per heavy atom. The molecule has 1 amide bonds. The zero-order valence-corrected chi connectivity index (χ0v) is 21.0. The molecule has 1 fully saturated rings. The number of hydrogen-bond acceptors (Lipinski definition) is 6. The van der Waals surface area contributed by atoms with Crippen LogP contribution in [-0.2, 0) is 11.3 Å². The van der Waals surface area contributed by atoms with Crippen molar-refractivity contribution in [1.29, 1.82) is 0 Å². The number of hydrogen-bond donors (Lipinski definition) is 2. The number of amides is 1. The molecule has 0 radical (unpaired) electrons. The van der Waals surface area contributed by atoms with Crippen LogP contribution < -0.4 is 15.4 Å². The summed E-state index contributed by atoms with van der Waals surface area (Å²) in [5.74, 6) is 1.51. The number of thioether (sulfide) groups is 1. The maximum Gasteiger partial charge on any atom is 0.230 e. The van der Waals surface area contributed by atoms with E-state index in [1.54, 1.807) is 19.2 Å². The van der Waals surface area contributed by atoms with Crippen molar-refractivity contribution >= 4 is 23.4 Å². The van der Waals surface area contributed by atoms with Crippen molar-refractivity contribution in [2.24, 2.45) is 0 Å². The summed E-state index contributed by atoms with van der Waals surface area (Å²) in [6, 6.07) is 14.1. The van der Waals surface area contributed by atoms with Gasteiger partial charge in [0.2, 0.25) is 5.91 Å². The molecule has 2 N–H and O–H groups in total. The summed E-state index contributed by atoms with van der Waals surface area (Å²) in [6.07, 6.45) is 5.80. The lowest BCUT2D eigenvalue weighted by Gasteiger charge is -2.25. The van der Waals surface area contributed by atoms with Crippen LogP contribution in [0.3, 0.4) is 0 Å². The molecule has 0 aliphatic heterocycles. The van der Waals surface area contributed by atoms with E-state index in [4.69, 9.17) is 4.74 Å². The first kappa shape index (κ1) is 25.0. The van der Waals surface area contributed by atoms with E-state index in [9.17, 15) is 9.18 Å². The van der Waals surface area contributed by atoms with Crippen LogP contribution in [0.15, 0.2) is 53.7 Å². The van der Waals surface area contributed by atoms with Crippen molar-refractivity contribution in [1.82, 2.24) is 20.1 Å². The number of anilines is 1. The Bertz CT molecular complexity index is 1120. The molecule has 35 heavy (non-hydrogen) atoms. The number of nitrogens with zero attached hydrogens (tertiary/aromatic N) is 3. The van der Waals surface area contributed by atoms with Crippen molar-refractivity contribution in [3.05, 3.63) is 65.7 Å². The second-order valence-corrected chi connectivity index (χ2v) is 9.72. The van der Waals surface area contributed by atoms with Gasteiger partial charge in [-0.25, -0.2) is 4.39 Å². The maximum atomic E-state index is 13.2. The number of carbonyl (C=O) groups excluding carboxylic acids is 1. The van der Waals surface area contributed by atoms with Crippen molar-refractivity contribution in [3.8, 4) is 5.75 Å². The number of halogens is 1. The Morgan fingerprint density at radius 1 is 1.17 bits per heavy atom. The summed E-state index contributed by atoms with van der Waals surface area (Å²) in [5, 5.41) is 16.1. The van der Waals surface area contributed by atoms with Gasteiger partial charge >= 0.3 is 0 Å². The molecule has 0 bridgehead atoms. The minimum absolute atomic E-state index is 0.0962. The third-order valence-corrected chi connectivity index (χ3v) is 7.22. The van der Waals surface area contributed by atoms with E-state index in [0.29, 0.717) is 12.6 Å². The van der Waals surface area contributed by atoms with E-state index >= 15 is 0 Å². The number of benzene rings is 2. The molecule has 186 valence electrons. The zero-order chi connectivity index (χ0) is 24.6. The molecule has 1 aliphatic rings. The van der Waals surface area contributed by atoms with Gasteiger partial charge in [-0.15, -0.1) is 10.2 Å². The third-order valence-electron chi connectivity index (χ3n) is 6.28. The molecule has 1 aliphatic carbocycles. The molecule has 4 rings (SSSR count). The van der Waals surface area contributed by atoms with Gasteiger partial charge in [-0.3, -0.25) is 4.79 Å². The number of aromatic nitrogens is 3. The molecule has 1 aromatic heterocycles. The lowest BCUT2D eigenvalue weighted by Crippen LogP contribution is -2.28. The van der Waals surface area contributed by atoms with Crippen LogP contribution >= 0.6 is 11.8 Å². The monoisotopic (exact) mass is 497 g/mol. The van der Waals surface area contributed by atoms with E-state index in [0.717, 1.165) is 40.8 Å². The van der Waals surface area contributed by atoms with Gasteiger partial charge in [-0.1, -0.05) is 49.2 Å². The summed E-state index contributed by atoms with van der Waals surface area (Å²) in [4.78, 5) is 12.6. The number of carbonyl (C=O) groups is 1. The minimum atomic E-state index is -0.290. The molecule has 0 spiro atoms. The number of nitrogens with one attached hydrogen (secondary N) is 2. The fraction of sp³-hybridized carbons (Fsp3) is 0.423. The van der Waals surface area contributed by atoms with Gasteiger partial charge in [0.05, 0.1) is 25.4 Å². The molecular weight excluding hydrogens is 465 g/mol. The topological polar surface area (TPSA) is 81.1 Å². The first-order chi connectivity index (χ1) is 17.0. The Labute approximate surface area is 209 Å². The number of rotatable bonds is 10. The fourth-order valence-electron chi connectivity index (χ4n) is 4.39. The van der Waals surface area contributed by atoms with Crippen LogP contribution in [0.4, 0.5) is 10.1 Å². The normalized spacial score (nSPS) is 14.9. The van der Waals surface area contributed by atoms with Crippen LogP contribution in [0.2, 0.25) is 0 Å². The van der Waals surface area contributed by atoms with Gasteiger partial charge in [0.15, 0.2) is 11.0 Å². The second-order valence-electron chi connectivity index (χ2n) is 8.78. The predicted octanol–water partition coefficient (Wildman–Crippen LogP) is 5.51. The van der Waals surface area contributed by atoms with E-state index in [2.05, 4.69) is 25.4 Å². The van der Waals surface area contributed by atoms with Gasteiger partial charge in [0, 0.05) is 17.8 Å². The molecule has 9 heteroatoms. The Kier molecular flexibility index (Phi) is 8.63. The summed E-state index contributed by atoms with van der Waals surface area (Å²) < 4.78 is 20.7. The zero-order valence-electron chi connectivity index (χ0n) is 20.2. The largest absolute Gasteiger partial charge is 0.497 e. The first-order valence-corrected chi connectivity index (χ1v) is 13.0. The highest BCUT2D eigenvalue weighted by Crippen LogP contribution is 2.33. The van der Waals surface area contributed by atoms with Gasteiger partial charge in [-0.05, 0) is 49.6 Å². The van der Waals surface area contributed by atoms with Crippen LogP contribution in [-0.4, -0.2) is 33.5 Å². The average molecular weight is 498 g/mol. The maximum absolute atomic E-state index is 13.2. The summed E-state index contributed by atoms with van der Waals surface area (Å²) in [5.41, 5.74) is 1.81. The summed E-state index contributed by atoms with van der Waals surface area (Å²) in [6.45, 7) is 2.42. The highest BCUT2D eigenvalue weighted by Gasteiger charge is 2.23. The number of methoxy groups -OCH3 is 1. The molecule has 1 atom stereocenters. The fourth-order valence-corrected chi connectivity index (χ4v) is 5.23. The van der Waals surface area contributed by atoms with Crippen molar-refractivity contribution in [2.45, 2.75) is 62.8 Å². The second kappa shape index (κ2) is 12.1. The molecule has 0 saturated heterocycles. The van der Waals surface area contributed by atoms with Crippen LogP contribution in [0, 0.1) is 5.82 Å². The molecule has 7 nitrogen and oxygen atoms in total. The van der Waals surface area contributed by atoms with Crippen LogP contribution in [0.5, 0.6) is 5.75 Å². The molecule has 1 saturated carbocycles. The van der Waals surface area contributed by atoms with Crippen molar-refractivity contribution < 1.29 is 13.9 Å². The smallest absolute Gasteiger partial charge is 0.230 e. The van der Waals surface area contributed by atoms with E-state index in [1.165, 1.54) is 43.2 Å². The van der Waals surface area contributed by atoms with Gasteiger partial charge in [0.25, 0.3) is 0 Å². The third kappa shape index (κ3) is 6.75. The highest BCUT2D eigenvalue weighted by atomic mass is 32.2. The van der Waals surface area contributed by atoms with Crippen LogP contribution in [0.1, 0.15) is 62.5 Å². The van der Waals surface area contributed by atoms with E-state index < -0.39 is 0 Å². The van der Waals surface area contributed by atoms with Crippen molar-refractivity contribution in [2.75, 3.05) is 18.2 Å². The first-order valence-electron chi connectivity index (χ1n) is 12.0. The Balaban J connectivity index is 1.42. The Hall–Kier alpha value is -3.07. The molecule has 2 aromatic carbocycles. The molecule has 0 unspecified atom stereocenters. The summed E-state index contributed by atoms with van der Waals surface area (Å²) >= 11 is 1.41. The van der Waals surface area contributed by atoms with E-state index in [1.807, 2.05) is 31.2 Å². The van der Waals surface area contributed by atoms with Crippen molar-refractivity contribution in [3.63, 3.8) is 0 Å². The molecule has 1 heterocycles. The van der Waals surface area contributed by atoms with Gasteiger partial charge in [0.1, 0.15) is 11.6 Å². The summed E-state index contributed by atoms with van der Waals surface area (Å²) in [7, 11) is 1.65. The lowest BCUT2D eigenvalue weighted by atomic mass is 9.95. The molecule has 3 aromatic rings. The van der Waals surface area contributed by atoms with Crippen LogP contribution in [0.25, 0.3) is 0 Å². The van der Waals surface area contributed by atoms with Gasteiger partial charge in [-0.2, -0.15) is 0 Å². The average Bonchev–Trinajstić information content (AvgIpc) is 3.30. The van der Waals surface area contributed by atoms with Gasteiger partial charge < -0.3 is 19.9 Å². The standard InChI is InChI=1S/C26H32FN5O2S/c1-18(19-11-13-20(27)14-12-19)29-25(33)17-35-26-31-30-24(32(26)22-8-4-3-5-9-22)16-28-21-7-6-10-23(15-21)34-2/h6-7,10-15,18,22,28H,3-5,8-9,16-17H2,1-2H3,(H,29,33)/t18-/m0/s1. The SMILES string of the molecule is COc1cccc(NCc2nnc(SCC(=O)N[C@@H](C)c3ccc(F)cc3)n2C2CCCCC2)c1. The Morgan fingerprint density at radius 3 is 2.69 bits per heavy atom. The molecular formula is C26H32FN5O2S. The predicted molar refractivity (Wildman–Crippen MR) is 136 cm³/mol. The van der Waals surface area contributed by atoms with E-state index in [-0.39, 0.29) is 23.5 Å².